The van der Waals surface area contributed by atoms with E-state index < -0.39 is 0 Å². The maximum Gasteiger partial charge on any atom is 0.265 e. The van der Waals surface area contributed by atoms with Gasteiger partial charge >= 0.3 is 0 Å². The minimum Gasteiger partial charge on any atom is -0.380 e. The van der Waals surface area contributed by atoms with Gasteiger partial charge in [-0.25, -0.2) is 4.98 Å². The molecule has 0 aliphatic carbocycles. The number of nitrogens with one attached hydrogen (secondary N) is 1. The van der Waals surface area contributed by atoms with Gasteiger partial charge in [0.05, 0.1) is 6.61 Å². The number of ether oxygens (including phenoxy) is 1. The van der Waals surface area contributed by atoms with Crippen LogP contribution in [0.1, 0.15) is 5.56 Å². The molecule has 17 heavy (non-hydrogen) atoms. The first-order valence-electron chi connectivity index (χ1n) is 5.04. The molecule has 0 spiro atoms. The van der Waals surface area contributed by atoms with Gasteiger partial charge in [0, 0.05) is 18.9 Å². The summed E-state index contributed by atoms with van der Waals surface area (Å²) in [7, 11) is 1.65. The van der Waals surface area contributed by atoms with Crippen LogP contribution in [0, 0.1) is 0 Å². The Hall–Kier alpha value is -1.46. The number of halogens is 1. The zero-order valence-electron chi connectivity index (χ0n) is 9.24. The normalized spacial score (nSPS) is 10.5. The summed E-state index contributed by atoms with van der Waals surface area (Å²) >= 11 is 3.11. The Labute approximate surface area is 107 Å². The number of benzene rings is 1. The lowest BCUT2D eigenvalue weighted by atomic mass is 10.1. The van der Waals surface area contributed by atoms with Crippen molar-refractivity contribution in [1.82, 2.24) is 9.97 Å². The highest BCUT2D eigenvalue weighted by atomic mass is 79.9. The second-order valence-electron chi connectivity index (χ2n) is 3.54. The van der Waals surface area contributed by atoms with Gasteiger partial charge < -0.3 is 9.72 Å². The molecule has 1 aromatic carbocycles. The molecular weight excluding hydrogens is 284 g/mol. The molecule has 2 rings (SSSR count). The van der Waals surface area contributed by atoms with Crippen molar-refractivity contribution < 1.29 is 4.74 Å². The Morgan fingerprint density at radius 3 is 2.65 bits per heavy atom. The van der Waals surface area contributed by atoms with Crippen molar-refractivity contribution in [1.29, 1.82) is 0 Å². The summed E-state index contributed by atoms with van der Waals surface area (Å²) in [5, 5.41) is 0. The number of nitrogens with zero attached hydrogens (tertiary/aromatic N) is 1. The quantitative estimate of drug-likeness (QED) is 0.945. The summed E-state index contributed by atoms with van der Waals surface area (Å²) in [6.07, 6.45) is 1.50. The van der Waals surface area contributed by atoms with Crippen molar-refractivity contribution >= 4 is 15.9 Å². The highest BCUT2D eigenvalue weighted by molar-refractivity contribution is 9.10. The highest BCUT2D eigenvalue weighted by Crippen LogP contribution is 2.15. The van der Waals surface area contributed by atoms with Gasteiger partial charge in [0.2, 0.25) is 0 Å². The third-order valence-corrected chi connectivity index (χ3v) is 2.86. The lowest BCUT2D eigenvalue weighted by molar-refractivity contribution is 0.185. The van der Waals surface area contributed by atoms with Crippen molar-refractivity contribution in [3.05, 3.63) is 50.9 Å². The van der Waals surface area contributed by atoms with Crippen molar-refractivity contribution in [3.8, 4) is 11.4 Å². The van der Waals surface area contributed by atoms with Crippen LogP contribution in [0.3, 0.4) is 0 Å². The Bertz CT molecular complexity index is 563. The molecule has 0 aliphatic rings. The molecule has 0 unspecified atom stereocenters. The van der Waals surface area contributed by atoms with E-state index in [1.807, 2.05) is 24.3 Å². The molecule has 0 aliphatic heterocycles. The third kappa shape index (κ3) is 2.81. The van der Waals surface area contributed by atoms with Crippen LogP contribution in [0.2, 0.25) is 0 Å². The number of hydrogen-bond acceptors (Lipinski definition) is 3. The van der Waals surface area contributed by atoms with Crippen LogP contribution >= 0.6 is 15.9 Å². The molecular formula is C12H11BrN2O2. The fourth-order valence-electron chi connectivity index (χ4n) is 1.45. The molecule has 0 amide bonds. The van der Waals surface area contributed by atoms with Gasteiger partial charge in [-0.15, -0.1) is 0 Å². The summed E-state index contributed by atoms with van der Waals surface area (Å²) < 4.78 is 5.46. The Morgan fingerprint density at radius 2 is 2.06 bits per heavy atom. The Balaban J connectivity index is 2.33. The van der Waals surface area contributed by atoms with Gasteiger partial charge in [-0.2, -0.15) is 0 Å². The van der Waals surface area contributed by atoms with E-state index in [2.05, 4.69) is 25.9 Å². The average molecular weight is 295 g/mol. The first-order chi connectivity index (χ1) is 8.20. The molecule has 1 heterocycles. The van der Waals surface area contributed by atoms with Crippen LogP contribution in [0.4, 0.5) is 0 Å². The number of aromatic nitrogens is 2. The molecule has 88 valence electrons. The Morgan fingerprint density at radius 1 is 1.35 bits per heavy atom. The topological polar surface area (TPSA) is 55.0 Å². The predicted octanol–water partition coefficient (Wildman–Crippen LogP) is 2.35. The van der Waals surface area contributed by atoms with Crippen molar-refractivity contribution in [3.63, 3.8) is 0 Å². The van der Waals surface area contributed by atoms with Gasteiger partial charge in [-0.1, -0.05) is 24.3 Å². The maximum atomic E-state index is 11.4. The molecule has 2 aromatic rings. The second-order valence-corrected chi connectivity index (χ2v) is 4.39. The lowest BCUT2D eigenvalue weighted by Gasteiger charge is -2.03. The fraction of sp³-hybridized carbons (Fsp3) is 0.167. The van der Waals surface area contributed by atoms with Crippen molar-refractivity contribution in [2.24, 2.45) is 0 Å². The summed E-state index contributed by atoms with van der Waals surface area (Å²) in [6, 6.07) is 7.70. The van der Waals surface area contributed by atoms with E-state index in [-0.39, 0.29) is 5.56 Å². The second kappa shape index (κ2) is 5.25. The average Bonchev–Trinajstić information content (AvgIpc) is 2.34. The van der Waals surface area contributed by atoms with Crippen LogP contribution in [0.25, 0.3) is 11.4 Å². The molecule has 5 heteroatoms. The first-order valence-corrected chi connectivity index (χ1v) is 5.83. The van der Waals surface area contributed by atoms with Gasteiger partial charge in [-0.3, -0.25) is 4.79 Å². The molecule has 0 bridgehead atoms. The smallest absolute Gasteiger partial charge is 0.265 e. The standard InChI is InChI=1S/C12H11BrN2O2/c1-17-7-8-2-4-9(5-3-8)11-14-6-10(13)12(16)15-11/h2-6H,7H2,1H3,(H,14,15,16). The van der Waals surface area contributed by atoms with E-state index in [4.69, 9.17) is 4.74 Å². The van der Waals surface area contributed by atoms with Gasteiger partial charge in [0.1, 0.15) is 10.3 Å². The van der Waals surface area contributed by atoms with E-state index >= 15 is 0 Å². The maximum absolute atomic E-state index is 11.4. The summed E-state index contributed by atoms with van der Waals surface area (Å²) in [5.41, 5.74) is 1.76. The molecule has 0 saturated heterocycles. The van der Waals surface area contributed by atoms with Gasteiger partial charge in [-0.05, 0) is 21.5 Å². The zero-order valence-corrected chi connectivity index (χ0v) is 10.8. The van der Waals surface area contributed by atoms with E-state index in [9.17, 15) is 4.79 Å². The van der Waals surface area contributed by atoms with Crippen LogP contribution in [0.5, 0.6) is 0 Å². The zero-order chi connectivity index (χ0) is 12.3. The highest BCUT2D eigenvalue weighted by Gasteiger charge is 2.02. The van der Waals surface area contributed by atoms with E-state index in [0.29, 0.717) is 16.9 Å². The minimum absolute atomic E-state index is 0.184. The molecule has 1 aromatic heterocycles. The summed E-state index contributed by atoms with van der Waals surface area (Å²) in [6.45, 7) is 0.574. The van der Waals surface area contributed by atoms with Crippen LogP contribution in [0.15, 0.2) is 39.7 Å². The predicted molar refractivity (Wildman–Crippen MR) is 68.7 cm³/mol. The van der Waals surface area contributed by atoms with Crippen LogP contribution in [-0.2, 0) is 11.3 Å². The minimum atomic E-state index is -0.184. The third-order valence-electron chi connectivity index (χ3n) is 2.29. The van der Waals surface area contributed by atoms with Crippen LogP contribution < -0.4 is 5.56 Å². The van der Waals surface area contributed by atoms with Gasteiger partial charge in [0.25, 0.3) is 5.56 Å². The number of H-pyrrole nitrogens is 1. The monoisotopic (exact) mass is 294 g/mol. The molecule has 0 atom stereocenters. The summed E-state index contributed by atoms with van der Waals surface area (Å²) in [5.74, 6) is 0.558. The van der Waals surface area contributed by atoms with Crippen molar-refractivity contribution in [2.45, 2.75) is 6.61 Å². The molecule has 0 radical (unpaired) electrons. The first kappa shape index (κ1) is 12.0. The SMILES string of the molecule is COCc1ccc(-c2ncc(Br)c(=O)[nH]2)cc1. The number of aromatic amines is 1. The van der Waals surface area contributed by atoms with Crippen LogP contribution in [-0.4, -0.2) is 17.1 Å². The Kier molecular flexibility index (Phi) is 3.71. The van der Waals surface area contributed by atoms with E-state index in [1.165, 1.54) is 6.20 Å². The fourth-order valence-corrected chi connectivity index (χ4v) is 1.65. The number of hydrogen-bond donors (Lipinski definition) is 1. The number of rotatable bonds is 3. The van der Waals surface area contributed by atoms with E-state index in [0.717, 1.165) is 11.1 Å². The van der Waals surface area contributed by atoms with Crippen molar-refractivity contribution in [2.75, 3.05) is 7.11 Å². The number of methoxy groups -OCH3 is 1. The molecule has 0 fully saturated rings. The van der Waals surface area contributed by atoms with E-state index in [1.54, 1.807) is 7.11 Å². The largest absolute Gasteiger partial charge is 0.380 e. The molecule has 4 nitrogen and oxygen atoms in total. The lowest BCUT2D eigenvalue weighted by Crippen LogP contribution is -2.08. The summed E-state index contributed by atoms with van der Waals surface area (Å²) in [4.78, 5) is 18.3. The molecule has 0 saturated carbocycles. The molecule has 1 N–H and O–H groups in total. The van der Waals surface area contributed by atoms with Gasteiger partial charge in [0.15, 0.2) is 0 Å².